The van der Waals surface area contributed by atoms with Gasteiger partial charge in [-0.2, -0.15) is 5.26 Å². The maximum atomic E-state index is 9.45. The Labute approximate surface area is 60.9 Å². The molecule has 0 saturated carbocycles. The predicted molar refractivity (Wildman–Crippen MR) is 37.3 cm³/mol. The molecule has 1 atom stereocenters. The molecular formula is C7H12N2O. The number of likely N-dealkylation sites (tertiary alicyclic amines) is 1. The van der Waals surface area contributed by atoms with Crippen molar-refractivity contribution in [2.24, 2.45) is 0 Å². The third-order valence-corrected chi connectivity index (χ3v) is 1.87. The average molecular weight is 140 g/mol. The van der Waals surface area contributed by atoms with Crippen molar-refractivity contribution < 1.29 is 5.11 Å². The number of nitriles is 1. The molecular weight excluding hydrogens is 128 g/mol. The van der Waals surface area contributed by atoms with Gasteiger partial charge in [0.05, 0.1) is 6.07 Å². The zero-order valence-electron chi connectivity index (χ0n) is 6.17. The second kappa shape index (κ2) is 2.57. The molecule has 56 valence electrons. The maximum absolute atomic E-state index is 9.45. The van der Waals surface area contributed by atoms with Crippen LogP contribution in [0.1, 0.15) is 12.8 Å². The monoisotopic (exact) mass is 140 g/mol. The van der Waals surface area contributed by atoms with Gasteiger partial charge in [0.25, 0.3) is 0 Å². The molecule has 1 aliphatic heterocycles. The van der Waals surface area contributed by atoms with Gasteiger partial charge in [0, 0.05) is 6.54 Å². The fourth-order valence-corrected chi connectivity index (χ4v) is 1.34. The molecule has 3 heteroatoms. The molecule has 0 aliphatic carbocycles. The van der Waals surface area contributed by atoms with Crippen LogP contribution in [0.3, 0.4) is 0 Å². The van der Waals surface area contributed by atoms with E-state index in [1.54, 1.807) is 0 Å². The van der Waals surface area contributed by atoms with E-state index in [1.165, 1.54) is 0 Å². The van der Waals surface area contributed by atoms with E-state index in [9.17, 15) is 5.11 Å². The van der Waals surface area contributed by atoms with Crippen LogP contribution >= 0.6 is 0 Å². The first-order chi connectivity index (χ1) is 4.66. The van der Waals surface area contributed by atoms with E-state index in [2.05, 4.69) is 0 Å². The molecule has 0 bridgehead atoms. The quantitative estimate of drug-likeness (QED) is 0.480. The minimum atomic E-state index is -1.08. The topological polar surface area (TPSA) is 47.3 Å². The van der Waals surface area contributed by atoms with Crippen LogP contribution in [0.5, 0.6) is 0 Å². The highest BCUT2D eigenvalue weighted by Gasteiger charge is 2.31. The number of hydrogen-bond donors (Lipinski definition) is 1. The molecule has 10 heavy (non-hydrogen) atoms. The summed E-state index contributed by atoms with van der Waals surface area (Å²) in [4.78, 5) is 1.98. The van der Waals surface area contributed by atoms with Gasteiger partial charge in [-0.25, -0.2) is 0 Å². The lowest BCUT2D eigenvalue weighted by Crippen LogP contribution is -2.45. The smallest absolute Gasteiger partial charge is 0.163 e. The minimum Gasteiger partial charge on any atom is -0.374 e. The first kappa shape index (κ1) is 7.52. The summed E-state index contributed by atoms with van der Waals surface area (Å²) in [6.45, 7) is 1.48. The first-order valence-electron chi connectivity index (χ1n) is 3.48. The molecule has 1 saturated heterocycles. The molecule has 0 aromatic carbocycles. The van der Waals surface area contributed by atoms with Gasteiger partial charge in [-0.3, -0.25) is 0 Å². The summed E-state index contributed by atoms with van der Waals surface area (Å²) < 4.78 is 0. The number of hydrogen-bond acceptors (Lipinski definition) is 3. The van der Waals surface area contributed by atoms with Crippen LogP contribution in [0.25, 0.3) is 0 Å². The second-order valence-electron chi connectivity index (χ2n) is 2.98. The number of rotatable bonds is 0. The van der Waals surface area contributed by atoms with Gasteiger partial charge in [-0.1, -0.05) is 0 Å². The van der Waals surface area contributed by atoms with Crippen molar-refractivity contribution in [3.05, 3.63) is 0 Å². The zero-order chi connectivity index (χ0) is 7.61. The van der Waals surface area contributed by atoms with Crippen LogP contribution in [0, 0.1) is 11.3 Å². The standard InChI is InChI=1S/C7H12N2O/c1-9-4-2-3-7(10,5-8)6-9/h10H,2-4,6H2,1H3/t7-/m0/s1. The summed E-state index contributed by atoms with van der Waals surface area (Å²) in [5.74, 6) is 0. The number of β-amino-alcohol motifs (C(OH)–C–C–N with tert-alkyl or cyclic N) is 1. The van der Waals surface area contributed by atoms with Crippen molar-refractivity contribution in [1.82, 2.24) is 4.90 Å². The van der Waals surface area contributed by atoms with Gasteiger partial charge >= 0.3 is 0 Å². The van der Waals surface area contributed by atoms with E-state index in [-0.39, 0.29) is 0 Å². The molecule has 1 fully saturated rings. The van der Waals surface area contributed by atoms with E-state index in [4.69, 9.17) is 5.26 Å². The van der Waals surface area contributed by atoms with Crippen molar-refractivity contribution >= 4 is 0 Å². The van der Waals surface area contributed by atoms with Gasteiger partial charge in [0.1, 0.15) is 0 Å². The largest absolute Gasteiger partial charge is 0.374 e. The molecule has 1 aliphatic rings. The Kier molecular flexibility index (Phi) is 1.93. The molecule has 0 radical (unpaired) electrons. The molecule has 1 N–H and O–H groups in total. The SMILES string of the molecule is CN1CCC[C@](O)(C#N)C1. The van der Waals surface area contributed by atoms with Crippen LogP contribution in [0.15, 0.2) is 0 Å². The van der Waals surface area contributed by atoms with Crippen molar-refractivity contribution in [3.8, 4) is 6.07 Å². The Bertz CT molecular complexity index is 163. The third-order valence-electron chi connectivity index (χ3n) is 1.87. The van der Waals surface area contributed by atoms with E-state index in [0.717, 1.165) is 13.0 Å². The van der Waals surface area contributed by atoms with Gasteiger partial charge < -0.3 is 10.0 Å². The van der Waals surface area contributed by atoms with Crippen LogP contribution in [0.2, 0.25) is 0 Å². The van der Waals surface area contributed by atoms with Gasteiger partial charge in [-0.05, 0) is 26.4 Å². The molecule has 1 heterocycles. The van der Waals surface area contributed by atoms with E-state index < -0.39 is 5.60 Å². The van der Waals surface area contributed by atoms with Gasteiger partial charge in [-0.15, -0.1) is 0 Å². The highest BCUT2D eigenvalue weighted by atomic mass is 16.3. The molecule has 0 aromatic heterocycles. The fraction of sp³-hybridized carbons (Fsp3) is 0.857. The van der Waals surface area contributed by atoms with Crippen molar-refractivity contribution in [2.75, 3.05) is 20.1 Å². The predicted octanol–water partition coefficient (Wildman–Crippen LogP) is -0.0333. The van der Waals surface area contributed by atoms with Gasteiger partial charge in [0.15, 0.2) is 5.60 Å². The Morgan fingerprint density at radius 2 is 2.40 bits per heavy atom. The number of piperidine rings is 1. The number of aliphatic hydroxyl groups is 1. The summed E-state index contributed by atoms with van der Waals surface area (Å²) in [6.07, 6.45) is 1.54. The summed E-state index contributed by atoms with van der Waals surface area (Å²) in [5.41, 5.74) is -1.08. The lowest BCUT2D eigenvalue weighted by Gasteiger charge is -2.31. The molecule has 3 nitrogen and oxygen atoms in total. The van der Waals surface area contributed by atoms with E-state index in [1.807, 2.05) is 18.0 Å². The highest BCUT2D eigenvalue weighted by molar-refractivity contribution is 5.03. The number of nitrogens with zero attached hydrogens (tertiary/aromatic N) is 2. The average Bonchev–Trinajstić information content (AvgIpc) is 1.88. The molecule has 0 unspecified atom stereocenters. The lowest BCUT2D eigenvalue weighted by molar-refractivity contribution is 0.0245. The van der Waals surface area contributed by atoms with Crippen LogP contribution < -0.4 is 0 Å². The molecule has 0 amide bonds. The summed E-state index contributed by atoms with van der Waals surface area (Å²) in [7, 11) is 1.92. The van der Waals surface area contributed by atoms with E-state index >= 15 is 0 Å². The first-order valence-corrected chi connectivity index (χ1v) is 3.48. The Hall–Kier alpha value is -0.590. The second-order valence-corrected chi connectivity index (χ2v) is 2.98. The third kappa shape index (κ3) is 1.47. The fourth-order valence-electron chi connectivity index (χ4n) is 1.34. The van der Waals surface area contributed by atoms with Crippen molar-refractivity contribution in [1.29, 1.82) is 5.26 Å². The zero-order valence-corrected chi connectivity index (χ0v) is 6.17. The van der Waals surface area contributed by atoms with Crippen LogP contribution in [0.4, 0.5) is 0 Å². The van der Waals surface area contributed by atoms with Crippen molar-refractivity contribution in [3.63, 3.8) is 0 Å². The minimum absolute atomic E-state index is 0.490. The molecule has 0 aromatic rings. The molecule has 0 spiro atoms. The highest BCUT2D eigenvalue weighted by Crippen LogP contribution is 2.18. The van der Waals surface area contributed by atoms with Crippen LogP contribution in [-0.4, -0.2) is 35.7 Å². The van der Waals surface area contributed by atoms with E-state index in [0.29, 0.717) is 13.0 Å². The summed E-state index contributed by atoms with van der Waals surface area (Å²) in [6, 6.07) is 1.92. The normalized spacial score (nSPS) is 35.3. The molecule has 1 rings (SSSR count). The maximum Gasteiger partial charge on any atom is 0.163 e. The van der Waals surface area contributed by atoms with Gasteiger partial charge in [0.2, 0.25) is 0 Å². The number of likely N-dealkylation sites (N-methyl/N-ethyl adjacent to an activating group) is 1. The Morgan fingerprint density at radius 1 is 1.70 bits per heavy atom. The summed E-state index contributed by atoms with van der Waals surface area (Å²) >= 11 is 0. The Morgan fingerprint density at radius 3 is 2.80 bits per heavy atom. The van der Waals surface area contributed by atoms with Crippen molar-refractivity contribution in [2.45, 2.75) is 18.4 Å². The lowest BCUT2D eigenvalue weighted by atomic mass is 9.95. The summed E-state index contributed by atoms with van der Waals surface area (Å²) in [5, 5.41) is 18.0. The Balaban J connectivity index is 2.56. The van der Waals surface area contributed by atoms with Crippen LogP contribution in [-0.2, 0) is 0 Å².